The summed E-state index contributed by atoms with van der Waals surface area (Å²) in [5.74, 6) is 0.836. The van der Waals surface area contributed by atoms with Crippen LogP contribution >= 0.6 is 0 Å². The van der Waals surface area contributed by atoms with Crippen molar-refractivity contribution in [2.45, 2.75) is 0 Å². The van der Waals surface area contributed by atoms with E-state index in [-0.39, 0.29) is 5.95 Å². The number of nitrogen functional groups attached to an aromatic ring is 1. The lowest BCUT2D eigenvalue weighted by molar-refractivity contribution is 0.249. The first kappa shape index (κ1) is 14.3. The number of hydrogen-bond donors (Lipinski definition) is 1. The number of fused-ring (bicyclic) bond motifs is 1. The first-order valence-electron chi connectivity index (χ1n) is 6.98. The van der Waals surface area contributed by atoms with E-state index in [2.05, 4.69) is 20.0 Å². The molecule has 0 aliphatic carbocycles. The molecule has 7 heteroatoms. The third-order valence-electron chi connectivity index (χ3n) is 3.20. The zero-order valence-electron chi connectivity index (χ0n) is 12.6. The van der Waals surface area contributed by atoms with Gasteiger partial charge in [0, 0.05) is 30.6 Å². The van der Waals surface area contributed by atoms with Gasteiger partial charge >= 0.3 is 0 Å². The molecule has 3 aromatic rings. The Kier molecular flexibility index (Phi) is 3.88. The Labute approximate surface area is 128 Å². The number of aromatic nitrogens is 4. The fourth-order valence-electron chi connectivity index (χ4n) is 2.11. The number of nitrogens with zero attached hydrogens (tertiary/aromatic N) is 5. The van der Waals surface area contributed by atoms with Crippen LogP contribution in [0.4, 0.5) is 5.95 Å². The fourth-order valence-corrected chi connectivity index (χ4v) is 2.11. The highest BCUT2D eigenvalue weighted by molar-refractivity contribution is 5.68. The molecule has 3 aromatic heterocycles. The van der Waals surface area contributed by atoms with Gasteiger partial charge in [-0.3, -0.25) is 4.98 Å². The molecule has 0 aliphatic rings. The van der Waals surface area contributed by atoms with Crippen molar-refractivity contribution in [2.24, 2.45) is 0 Å². The van der Waals surface area contributed by atoms with Gasteiger partial charge in [0.2, 0.25) is 11.8 Å². The molecule has 0 atom stereocenters. The summed E-state index contributed by atoms with van der Waals surface area (Å²) >= 11 is 0. The van der Waals surface area contributed by atoms with Crippen LogP contribution in [0.15, 0.2) is 36.7 Å². The van der Waals surface area contributed by atoms with E-state index in [1.807, 2.05) is 38.4 Å². The van der Waals surface area contributed by atoms with Crippen LogP contribution in [0.25, 0.3) is 16.8 Å². The van der Waals surface area contributed by atoms with Gasteiger partial charge in [-0.05, 0) is 31.8 Å². The Morgan fingerprint density at radius 1 is 1.27 bits per heavy atom. The maximum absolute atomic E-state index is 5.85. The Morgan fingerprint density at radius 3 is 2.86 bits per heavy atom. The van der Waals surface area contributed by atoms with Gasteiger partial charge in [-0.1, -0.05) is 6.07 Å². The van der Waals surface area contributed by atoms with Gasteiger partial charge in [0.15, 0.2) is 5.65 Å². The second-order valence-electron chi connectivity index (χ2n) is 5.22. The minimum atomic E-state index is 0.223. The first-order chi connectivity index (χ1) is 10.6. The molecule has 114 valence electrons. The number of anilines is 1. The van der Waals surface area contributed by atoms with Crippen LogP contribution in [0.2, 0.25) is 0 Å². The van der Waals surface area contributed by atoms with E-state index in [1.165, 1.54) is 0 Å². The Balaban J connectivity index is 2.00. The maximum atomic E-state index is 5.85. The van der Waals surface area contributed by atoms with E-state index in [0.717, 1.165) is 17.7 Å². The van der Waals surface area contributed by atoms with Crippen molar-refractivity contribution in [3.63, 3.8) is 0 Å². The Hall–Kier alpha value is -2.67. The van der Waals surface area contributed by atoms with Gasteiger partial charge in [-0.25, -0.2) is 0 Å². The highest BCUT2D eigenvalue weighted by Gasteiger charge is 2.11. The topological polar surface area (TPSA) is 81.6 Å². The van der Waals surface area contributed by atoms with Gasteiger partial charge < -0.3 is 15.4 Å². The molecular formula is C15H18N6O. The molecule has 0 saturated carbocycles. The van der Waals surface area contributed by atoms with Gasteiger partial charge in [0.05, 0.1) is 0 Å². The number of likely N-dealkylation sites (N-methyl/N-ethyl adjacent to an activating group) is 1. The Bertz CT molecular complexity index is 768. The minimum absolute atomic E-state index is 0.223. The summed E-state index contributed by atoms with van der Waals surface area (Å²) in [5, 5.41) is 4.17. The van der Waals surface area contributed by atoms with E-state index in [1.54, 1.807) is 16.9 Å². The summed E-state index contributed by atoms with van der Waals surface area (Å²) in [6.07, 6.45) is 3.54. The van der Waals surface area contributed by atoms with Crippen LogP contribution in [0.3, 0.4) is 0 Å². The normalized spacial score (nSPS) is 11.2. The van der Waals surface area contributed by atoms with E-state index in [4.69, 9.17) is 10.5 Å². The lowest BCUT2D eigenvalue weighted by Gasteiger charge is -2.12. The summed E-state index contributed by atoms with van der Waals surface area (Å²) in [7, 11) is 4.00. The molecule has 0 spiro atoms. The highest BCUT2D eigenvalue weighted by atomic mass is 16.5. The van der Waals surface area contributed by atoms with Crippen molar-refractivity contribution >= 4 is 11.6 Å². The molecular weight excluding hydrogens is 280 g/mol. The fraction of sp³-hybridized carbons (Fsp3) is 0.267. The molecule has 0 bridgehead atoms. The largest absolute Gasteiger partial charge is 0.476 e. The number of rotatable bonds is 5. The van der Waals surface area contributed by atoms with Gasteiger partial charge in [0.25, 0.3) is 0 Å². The lowest BCUT2D eigenvalue weighted by Crippen LogP contribution is -2.20. The summed E-state index contributed by atoms with van der Waals surface area (Å²) in [6, 6.07) is 7.72. The van der Waals surface area contributed by atoms with Gasteiger partial charge in [-0.2, -0.15) is 9.50 Å². The zero-order chi connectivity index (χ0) is 15.5. The van der Waals surface area contributed by atoms with Crippen LogP contribution in [-0.2, 0) is 0 Å². The van der Waals surface area contributed by atoms with Crippen LogP contribution < -0.4 is 10.5 Å². The third-order valence-corrected chi connectivity index (χ3v) is 3.20. The number of hydrogen-bond acceptors (Lipinski definition) is 6. The zero-order valence-corrected chi connectivity index (χ0v) is 12.6. The van der Waals surface area contributed by atoms with Crippen molar-refractivity contribution in [3.8, 4) is 17.0 Å². The maximum Gasteiger partial charge on any atom is 0.240 e. The van der Waals surface area contributed by atoms with Crippen LogP contribution in [-0.4, -0.2) is 51.7 Å². The number of pyridine rings is 2. The standard InChI is InChI=1S/C15H18N6O/c1-20(2)6-7-22-14-9-12(11-4-3-5-17-10-11)8-13-18-15(16)19-21(13)14/h3-5,8-10H,6-7H2,1-2H3,(H2,16,19). The van der Waals surface area contributed by atoms with E-state index in [9.17, 15) is 0 Å². The summed E-state index contributed by atoms with van der Waals surface area (Å²) in [6.45, 7) is 1.36. The predicted octanol–water partition coefficient (Wildman–Crippen LogP) is 1.31. The highest BCUT2D eigenvalue weighted by Crippen LogP contribution is 2.25. The molecule has 0 radical (unpaired) electrons. The number of nitrogens with two attached hydrogens (primary N) is 1. The van der Waals surface area contributed by atoms with Crippen molar-refractivity contribution in [3.05, 3.63) is 36.7 Å². The number of ether oxygens (including phenoxy) is 1. The molecule has 2 N–H and O–H groups in total. The Morgan fingerprint density at radius 2 is 2.14 bits per heavy atom. The quantitative estimate of drug-likeness (QED) is 0.765. The average molecular weight is 298 g/mol. The third kappa shape index (κ3) is 2.99. The van der Waals surface area contributed by atoms with Gasteiger partial charge in [0.1, 0.15) is 6.61 Å². The van der Waals surface area contributed by atoms with Crippen molar-refractivity contribution < 1.29 is 4.74 Å². The van der Waals surface area contributed by atoms with Gasteiger partial charge in [-0.15, -0.1) is 5.10 Å². The molecule has 0 saturated heterocycles. The van der Waals surface area contributed by atoms with Crippen molar-refractivity contribution in [1.82, 2.24) is 24.5 Å². The van der Waals surface area contributed by atoms with Crippen LogP contribution in [0.1, 0.15) is 0 Å². The first-order valence-corrected chi connectivity index (χ1v) is 6.98. The molecule has 3 heterocycles. The molecule has 7 nitrogen and oxygen atoms in total. The smallest absolute Gasteiger partial charge is 0.240 e. The van der Waals surface area contributed by atoms with E-state index in [0.29, 0.717) is 18.1 Å². The lowest BCUT2D eigenvalue weighted by atomic mass is 10.1. The molecule has 0 fully saturated rings. The monoisotopic (exact) mass is 298 g/mol. The summed E-state index contributed by atoms with van der Waals surface area (Å²) in [5.41, 5.74) is 8.31. The molecule has 0 unspecified atom stereocenters. The summed E-state index contributed by atoms with van der Waals surface area (Å²) < 4.78 is 7.46. The van der Waals surface area contributed by atoms with Crippen LogP contribution in [0.5, 0.6) is 5.88 Å². The average Bonchev–Trinajstić information content (AvgIpc) is 2.88. The van der Waals surface area contributed by atoms with E-state index >= 15 is 0 Å². The second kappa shape index (κ2) is 5.98. The predicted molar refractivity (Wildman–Crippen MR) is 84.7 cm³/mol. The molecule has 0 aliphatic heterocycles. The van der Waals surface area contributed by atoms with Crippen LogP contribution in [0, 0.1) is 0 Å². The molecule has 0 aromatic carbocycles. The summed E-state index contributed by atoms with van der Waals surface area (Å²) in [4.78, 5) is 10.4. The van der Waals surface area contributed by atoms with Crippen molar-refractivity contribution in [2.75, 3.05) is 33.0 Å². The van der Waals surface area contributed by atoms with Crippen molar-refractivity contribution in [1.29, 1.82) is 0 Å². The second-order valence-corrected chi connectivity index (χ2v) is 5.22. The SMILES string of the molecule is CN(C)CCOc1cc(-c2cccnc2)cc2nc(N)nn12. The molecule has 22 heavy (non-hydrogen) atoms. The molecule has 3 rings (SSSR count). The molecule has 0 amide bonds. The minimum Gasteiger partial charge on any atom is -0.476 e. The van der Waals surface area contributed by atoms with E-state index < -0.39 is 0 Å².